The normalized spacial score (nSPS) is 28.8. The van der Waals surface area contributed by atoms with Crippen LogP contribution in [0.2, 0.25) is 6.04 Å². The molecule has 0 unspecified atom stereocenters. The van der Waals surface area contributed by atoms with Crippen LogP contribution in [0, 0.1) is 11.3 Å². The Morgan fingerprint density at radius 3 is 2.73 bits per heavy atom. The number of rotatable bonds is 3. The van der Waals surface area contributed by atoms with Gasteiger partial charge in [0.25, 0.3) is 20.0 Å². The van der Waals surface area contributed by atoms with E-state index in [2.05, 4.69) is 6.07 Å². The minimum Gasteiger partial charge on any atom is -0.425 e. The van der Waals surface area contributed by atoms with E-state index < -0.39 is 29.3 Å². The Hall–Kier alpha value is 0.0206. The fourth-order valence-electron chi connectivity index (χ4n) is 0.845. The van der Waals surface area contributed by atoms with E-state index in [-0.39, 0.29) is 0 Å². The first kappa shape index (κ1) is 9.11. The highest BCUT2D eigenvalue weighted by Gasteiger charge is 2.16. The second kappa shape index (κ2) is 5.64. The van der Waals surface area contributed by atoms with Crippen LogP contribution in [-0.2, 0) is 12.3 Å². The summed E-state index contributed by atoms with van der Waals surface area (Å²) >= 11 is 0. The molecule has 0 spiro atoms. The maximum Gasteiger partial charge on any atom is 0.303 e. The number of nitrogens with zero attached hydrogens (tertiary/aromatic N) is 1. The third-order valence-corrected chi connectivity index (χ3v) is 7.68. The molecular formula is C4H11NO3Si3. The molecule has 4 nitrogen and oxygen atoms in total. The highest BCUT2D eigenvalue weighted by Crippen LogP contribution is 2.05. The molecule has 1 aliphatic rings. The van der Waals surface area contributed by atoms with Crippen molar-refractivity contribution in [1.82, 2.24) is 0 Å². The number of hydrogen-bond donors (Lipinski definition) is 0. The molecule has 0 aliphatic carbocycles. The maximum absolute atomic E-state index is 8.27. The van der Waals surface area contributed by atoms with Crippen molar-refractivity contribution in [3.8, 4) is 6.07 Å². The van der Waals surface area contributed by atoms with Crippen molar-refractivity contribution in [2.45, 2.75) is 18.9 Å². The van der Waals surface area contributed by atoms with Crippen molar-refractivity contribution < 1.29 is 12.3 Å². The van der Waals surface area contributed by atoms with E-state index >= 15 is 0 Å². The molecule has 1 fully saturated rings. The van der Waals surface area contributed by atoms with E-state index in [1.54, 1.807) is 0 Å². The van der Waals surface area contributed by atoms with Crippen molar-refractivity contribution in [2.75, 3.05) is 0 Å². The van der Waals surface area contributed by atoms with Crippen LogP contribution in [0.15, 0.2) is 0 Å². The van der Waals surface area contributed by atoms with Gasteiger partial charge >= 0.3 is 9.28 Å². The monoisotopic (exact) mass is 205 g/mol. The second-order valence-corrected chi connectivity index (χ2v) is 8.46. The standard InChI is InChI=1S/C4H11NO3Si3/c5-3-1-2-4-11-7-9-6-10-8-11/h11H,1-2,4,9-10H2. The highest BCUT2D eigenvalue weighted by atomic mass is 28.4. The van der Waals surface area contributed by atoms with Gasteiger partial charge in [0, 0.05) is 6.42 Å². The van der Waals surface area contributed by atoms with Gasteiger partial charge < -0.3 is 12.3 Å². The molecule has 0 aromatic heterocycles. The summed E-state index contributed by atoms with van der Waals surface area (Å²) < 4.78 is 15.9. The molecule has 0 aromatic carbocycles. The van der Waals surface area contributed by atoms with Crippen LogP contribution >= 0.6 is 0 Å². The van der Waals surface area contributed by atoms with Crippen molar-refractivity contribution >= 4 is 29.3 Å². The predicted molar refractivity (Wildman–Crippen MR) is 47.1 cm³/mol. The van der Waals surface area contributed by atoms with Gasteiger partial charge in [-0.15, -0.1) is 0 Å². The van der Waals surface area contributed by atoms with Crippen LogP contribution in [0.25, 0.3) is 0 Å². The number of nitriles is 1. The Balaban J connectivity index is 2.01. The van der Waals surface area contributed by atoms with Crippen molar-refractivity contribution in [1.29, 1.82) is 5.26 Å². The van der Waals surface area contributed by atoms with Crippen LogP contribution in [0.3, 0.4) is 0 Å². The van der Waals surface area contributed by atoms with Gasteiger partial charge in [0.2, 0.25) is 0 Å². The summed E-state index contributed by atoms with van der Waals surface area (Å²) in [5, 5.41) is 8.27. The van der Waals surface area contributed by atoms with Gasteiger partial charge in [0.15, 0.2) is 0 Å². The summed E-state index contributed by atoms with van der Waals surface area (Å²) in [7, 11) is -2.63. The van der Waals surface area contributed by atoms with Crippen LogP contribution in [0.1, 0.15) is 12.8 Å². The molecule has 11 heavy (non-hydrogen) atoms. The first-order valence-electron chi connectivity index (χ1n) is 3.61. The van der Waals surface area contributed by atoms with E-state index in [4.69, 9.17) is 17.6 Å². The molecule has 0 N–H and O–H groups in total. The lowest BCUT2D eigenvalue weighted by molar-refractivity contribution is 0.321. The zero-order chi connectivity index (χ0) is 7.94. The third-order valence-electron chi connectivity index (χ3n) is 1.40. The molecule has 1 saturated heterocycles. The lowest BCUT2D eigenvalue weighted by atomic mass is 10.4. The second-order valence-electron chi connectivity index (χ2n) is 2.25. The number of hydrogen-bond acceptors (Lipinski definition) is 4. The molecule has 1 heterocycles. The van der Waals surface area contributed by atoms with Gasteiger partial charge in [-0.25, -0.2) is 0 Å². The Bertz CT molecular complexity index is 144. The minimum absolute atomic E-state index is 0.625. The van der Waals surface area contributed by atoms with Crippen LogP contribution < -0.4 is 0 Å². The average molecular weight is 205 g/mol. The van der Waals surface area contributed by atoms with E-state index in [1.165, 1.54) is 0 Å². The van der Waals surface area contributed by atoms with Crippen molar-refractivity contribution in [2.24, 2.45) is 0 Å². The summed E-state index contributed by atoms with van der Waals surface area (Å²) in [4.78, 5) is 0. The Morgan fingerprint density at radius 2 is 2.09 bits per heavy atom. The zero-order valence-electron chi connectivity index (χ0n) is 6.28. The molecule has 0 bridgehead atoms. The van der Waals surface area contributed by atoms with Gasteiger partial charge in [-0.1, -0.05) is 0 Å². The summed E-state index contributed by atoms with van der Waals surface area (Å²) in [6, 6.07) is 3.09. The summed E-state index contributed by atoms with van der Waals surface area (Å²) in [6.45, 7) is 0. The van der Waals surface area contributed by atoms with E-state index in [0.29, 0.717) is 6.42 Å². The molecule has 1 rings (SSSR count). The van der Waals surface area contributed by atoms with Gasteiger partial charge in [-0.05, 0) is 12.5 Å². The van der Waals surface area contributed by atoms with Gasteiger partial charge in [-0.2, -0.15) is 5.26 Å². The first-order valence-corrected chi connectivity index (χ1v) is 7.68. The molecule has 0 saturated carbocycles. The smallest absolute Gasteiger partial charge is 0.303 e. The summed E-state index contributed by atoms with van der Waals surface area (Å²) in [5.41, 5.74) is 0. The highest BCUT2D eigenvalue weighted by molar-refractivity contribution is 6.61. The molecule has 0 amide bonds. The van der Waals surface area contributed by atoms with E-state index in [9.17, 15) is 0 Å². The lowest BCUT2D eigenvalue weighted by Gasteiger charge is -2.21. The predicted octanol–water partition coefficient (Wildman–Crippen LogP) is -1.43. The maximum atomic E-state index is 8.27. The molecule has 62 valence electrons. The summed E-state index contributed by atoms with van der Waals surface area (Å²) in [6.07, 6.45) is 1.55. The Kier molecular flexibility index (Phi) is 4.67. The van der Waals surface area contributed by atoms with Gasteiger partial charge in [0.1, 0.15) is 0 Å². The number of unbranched alkanes of at least 4 members (excludes halogenated alkanes) is 1. The zero-order valence-corrected chi connectivity index (χ0v) is 10.3. The first-order chi connectivity index (χ1) is 5.43. The lowest BCUT2D eigenvalue weighted by Crippen LogP contribution is -2.34. The molecule has 0 atom stereocenters. The van der Waals surface area contributed by atoms with Crippen LogP contribution in [-0.4, -0.2) is 29.3 Å². The molecule has 7 heteroatoms. The quantitative estimate of drug-likeness (QED) is 0.419. The SMILES string of the molecule is N#CCCC[SiH]1O[SiH2]O[SiH2]O1. The van der Waals surface area contributed by atoms with Crippen molar-refractivity contribution in [3.05, 3.63) is 0 Å². The minimum atomic E-state index is -1.31. The van der Waals surface area contributed by atoms with E-state index in [0.717, 1.165) is 12.5 Å². The van der Waals surface area contributed by atoms with Gasteiger partial charge in [-0.3, -0.25) is 0 Å². The Labute approximate surface area is 72.4 Å². The average Bonchev–Trinajstić information content (AvgIpc) is 2.07. The van der Waals surface area contributed by atoms with Crippen LogP contribution in [0.4, 0.5) is 0 Å². The molecule has 0 aromatic rings. The molecular weight excluding hydrogens is 194 g/mol. The molecule has 1 aliphatic heterocycles. The van der Waals surface area contributed by atoms with E-state index in [1.807, 2.05) is 0 Å². The summed E-state index contributed by atoms with van der Waals surface area (Å²) in [5.74, 6) is 0. The fraction of sp³-hybridized carbons (Fsp3) is 0.750. The Morgan fingerprint density at radius 1 is 1.36 bits per heavy atom. The molecule has 0 radical (unpaired) electrons. The van der Waals surface area contributed by atoms with Crippen LogP contribution in [0.5, 0.6) is 0 Å². The van der Waals surface area contributed by atoms with Crippen molar-refractivity contribution in [3.63, 3.8) is 0 Å². The fourth-order valence-corrected chi connectivity index (χ4v) is 7.95. The third kappa shape index (κ3) is 3.80. The largest absolute Gasteiger partial charge is 0.425 e. The topological polar surface area (TPSA) is 51.5 Å². The van der Waals surface area contributed by atoms with Gasteiger partial charge in [0.05, 0.1) is 6.07 Å².